The van der Waals surface area contributed by atoms with E-state index in [4.69, 9.17) is 4.74 Å². The molecule has 1 unspecified atom stereocenters. The van der Waals surface area contributed by atoms with Crippen LogP contribution in [0.4, 0.5) is 0 Å². The molecule has 0 aliphatic carbocycles. The van der Waals surface area contributed by atoms with E-state index in [1.807, 2.05) is 19.1 Å². The predicted octanol–water partition coefficient (Wildman–Crippen LogP) is 3.55. The monoisotopic (exact) mass is 302 g/mol. The van der Waals surface area contributed by atoms with Gasteiger partial charge in [0.1, 0.15) is 28.9 Å². The van der Waals surface area contributed by atoms with Crippen molar-refractivity contribution in [2.75, 3.05) is 0 Å². The van der Waals surface area contributed by atoms with Crippen molar-refractivity contribution in [3.8, 4) is 17.2 Å². The van der Waals surface area contributed by atoms with E-state index >= 15 is 0 Å². The molecule has 5 nitrogen and oxygen atoms in total. The van der Waals surface area contributed by atoms with Gasteiger partial charge in [0.15, 0.2) is 0 Å². The Morgan fingerprint density at radius 1 is 1.14 bits per heavy atom. The van der Waals surface area contributed by atoms with E-state index in [-0.39, 0.29) is 22.4 Å². The molecule has 116 valence electrons. The van der Waals surface area contributed by atoms with Crippen molar-refractivity contribution in [1.82, 2.24) is 0 Å². The van der Waals surface area contributed by atoms with Gasteiger partial charge in [-0.3, -0.25) is 0 Å². The molecule has 0 amide bonds. The van der Waals surface area contributed by atoms with Crippen LogP contribution in [0.1, 0.15) is 40.1 Å². The van der Waals surface area contributed by atoms with Crippen LogP contribution in [0.5, 0.6) is 17.2 Å². The summed E-state index contributed by atoms with van der Waals surface area (Å²) in [4.78, 5) is 11.2. The minimum absolute atomic E-state index is 0.0589. The topological polar surface area (TPSA) is 87.0 Å². The van der Waals surface area contributed by atoms with E-state index in [2.05, 4.69) is 0 Å². The Morgan fingerprint density at radius 3 is 2.27 bits per heavy atom. The number of aryl methyl sites for hydroxylation is 2. The number of carboxylic acid groups (broad SMARTS) is 1. The molecular weight excluding hydrogens is 284 g/mol. The first-order valence-corrected chi connectivity index (χ1v) is 6.83. The van der Waals surface area contributed by atoms with Gasteiger partial charge in [-0.2, -0.15) is 0 Å². The molecule has 0 aliphatic heterocycles. The number of hydrogen-bond acceptors (Lipinski definition) is 4. The summed E-state index contributed by atoms with van der Waals surface area (Å²) in [6, 6.07) is 8.60. The van der Waals surface area contributed by atoms with Gasteiger partial charge < -0.3 is 20.1 Å². The summed E-state index contributed by atoms with van der Waals surface area (Å²) in [7, 11) is 0. The number of hydrogen-bond donors (Lipinski definition) is 3. The van der Waals surface area contributed by atoms with Gasteiger partial charge in [0.25, 0.3) is 0 Å². The third-order valence-corrected chi connectivity index (χ3v) is 3.47. The number of phenols is 2. The molecule has 2 aromatic carbocycles. The molecule has 3 N–H and O–H groups in total. The summed E-state index contributed by atoms with van der Waals surface area (Å²) < 4.78 is 5.68. The Kier molecular flexibility index (Phi) is 4.26. The molecule has 0 spiro atoms. The number of phenolic OH excluding ortho intramolecular Hbond substituents is 1. The van der Waals surface area contributed by atoms with E-state index in [1.54, 1.807) is 19.1 Å². The van der Waals surface area contributed by atoms with E-state index in [9.17, 15) is 20.1 Å². The maximum absolute atomic E-state index is 11.2. The van der Waals surface area contributed by atoms with E-state index in [0.717, 1.165) is 5.56 Å². The van der Waals surface area contributed by atoms with Crippen LogP contribution in [0.2, 0.25) is 0 Å². The van der Waals surface area contributed by atoms with Crippen LogP contribution in [0.25, 0.3) is 0 Å². The Labute approximate surface area is 128 Å². The Hall–Kier alpha value is -2.69. The quantitative estimate of drug-likeness (QED) is 0.804. The zero-order valence-corrected chi connectivity index (χ0v) is 12.6. The van der Waals surface area contributed by atoms with Gasteiger partial charge in [-0.25, -0.2) is 4.79 Å². The fraction of sp³-hybridized carbons (Fsp3) is 0.235. The first-order chi connectivity index (χ1) is 10.3. The van der Waals surface area contributed by atoms with Crippen molar-refractivity contribution in [3.05, 3.63) is 52.6 Å². The van der Waals surface area contributed by atoms with Gasteiger partial charge in [-0.1, -0.05) is 17.7 Å². The van der Waals surface area contributed by atoms with Gasteiger partial charge >= 0.3 is 5.97 Å². The first-order valence-electron chi connectivity index (χ1n) is 6.83. The molecule has 1 atom stereocenters. The van der Waals surface area contributed by atoms with Crippen molar-refractivity contribution in [2.45, 2.75) is 26.9 Å². The number of benzene rings is 2. The number of ether oxygens (including phenoxy) is 1. The Balaban J connectivity index is 2.41. The number of carboxylic acids is 1. The molecule has 5 heteroatoms. The van der Waals surface area contributed by atoms with Crippen LogP contribution in [0.15, 0.2) is 30.3 Å². The number of aromatic hydroxyl groups is 2. The van der Waals surface area contributed by atoms with Crippen LogP contribution in [-0.4, -0.2) is 21.3 Å². The van der Waals surface area contributed by atoms with E-state index in [1.165, 1.54) is 13.0 Å². The van der Waals surface area contributed by atoms with Crippen LogP contribution >= 0.6 is 0 Å². The molecule has 0 aliphatic rings. The summed E-state index contributed by atoms with van der Waals surface area (Å²) in [5.41, 5.74) is 1.19. The second-order valence-corrected chi connectivity index (χ2v) is 5.23. The highest BCUT2D eigenvalue weighted by atomic mass is 16.5. The maximum Gasteiger partial charge on any atom is 0.339 e. The van der Waals surface area contributed by atoms with Gasteiger partial charge in [0, 0.05) is 0 Å². The molecule has 0 saturated carbocycles. The first kappa shape index (κ1) is 15.7. The summed E-state index contributed by atoms with van der Waals surface area (Å²) in [6.07, 6.45) is -0.707. The standard InChI is InChI=1S/C17H18O5/c1-9-4-6-12(7-5-9)22-11(3)15-13(18)8-10(2)14(16(15)19)17(20)21/h4-8,11,18-19H,1-3H3,(H,20,21). The fourth-order valence-electron chi connectivity index (χ4n) is 2.35. The van der Waals surface area contributed by atoms with Crippen molar-refractivity contribution in [2.24, 2.45) is 0 Å². The normalized spacial score (nSPS) is 12.0. The highest BCUT2D eigenvalue weighted by Crippen LogP contribution is 2.39. The Morgan fingerprint density at radius 2 is 1.73 bits per heavy atom. The van der Waals surface area contributed by atoms with Crippen LogP contribution in [0.3, 0.4) is 0 Å². The number of aromatic carboxylic acids is 1. The second-order valence-electron chi connectivity index (χ2n) is 5.23. The highest BCUT2D eigenvalue weighted by Gasteiger charge is 2.24. The van der Waals surface area contributed by atoms with Crippen LogP contribution < -0.4 is 4.74 Å². The average molecular weight is 302 g/mol. The summed E-state index contributed by atoms with van der Waals surface area (Å²) in [5.74, 6) is -1.35. The second kappa shape index (κ2) is 5.97. The fourth-order valence-corrected chi connectivity index (χ4v) is 2.35. The smallest absolute Gasteiger partial charge is 0.339 e. The zero-order valence-electron chi connectivity index (χ0n) is 12.6. The van der Waals surface area contributed by atoms with Gasteiger partial charge in [0.2, 0.25) is 0 Å². The maximum atomic E-state index is 11.2. The van der Waals surface area contributed by atoms with E-state index < -0.39 is 17.8 Å². The largest absolute Gasteiger partial charge is 0.507 e. The van der Waals surface area contributed by atoms with Crippen molar-refractivity contribution in [1.29, 1.82) is 0 Å². The molecule has 0 bridgehead atoms. The number of rotatable bonds is 4. The molecule has 22 heavy (non-hydrogen) atoms. The third-order valence-electron chi connectivity index (χ3n) is 3.47. The van der Waals surface area contributed by atoms with Gasteiger partial charge in [-0.15, -0.1) is 0 Å². The summed E-state index contributed by atoms with van der Waals surface area (Å²) in [6.45, 7) is 5.09. The molecular formula is C17H18O5. The van der Waals surface area contributed by atoms with Gasteiger partial charge in [-0.05, 0) is 44.5 Å². The minimum Gasteiger partial charge on any atom is -0.507 e. The summed E-state index contributed by atoms with van der Waals surface area (Å²) >= 11 is 0. The van der Waals surface area contributed by atoms with E-state index in [0.29, 0.717) is 5.75 Å². The predicted molar refractivity (Wildman–Crippen MR) is 81.7 cm³/mol. The van der Waals surface area contributed by atoms with Gasteiger partial charge in [0.05, 0.1) is 5.56 Å². The van der Waals surface area contributed by atoms with Crippen LogP contribution in [0, 0.1) is 13.8 Å². The molecule has 0 fully saturated rings. The molecule has 2 rings (SSSR count). The average Bonchev–Trinajstić information content (AvgIpc) is 2.40. The molecule has 0 radical (unpaired) electrons. The van der Waals surface area contributed by atoms with Crippen molar-refractivity contribution < 1.29 is 24.9 Å². The molecule has 0 saturated heterocycles. The summed E-state index contributed by atoms with van der Waals surface area (Å²) in [5, 5.41) is 29.4. The lowest BCUT2D eigenvalue weighted by atomic mass is 9.99. The third kappa shape index (κ3) is 2.98. The SMILES string of the molecule is Cc1ccc(OC(C)c2c(O)cc(C)c(C(=O)O)c2O)cc1. The molecule has 0 aromatic heterocycles. The molecule has 0 heterocycles. The Bertz CT molecular complexity index is 704. The highest BCUT2D eigenvalue weighted by molar-refractivity contribution is 5.93. The van der Waals surface area contributed by atoms with Crippen molar-refractivity contribution in [3.63, 3.8) is 0 Å². The lowest BCUT2D eigenvalue weighted by Gasteiger charge is -2.19. The van der Waals surface area contributed by atoms with Crippen molar-refractivity contribution >= 4 is 5.97 Å². The lowest BCUT2D eigenvalue weighted by Crippen LogP contribution is -2.08. The molecule has 2 aromatic rings. The lowest BCUT2D eigenvalue weighted by molar-refractivity contribution is 0.0692. The van der Waals surface area contributed by atoms with Crippen LogP contribution in [-0.2, 0) is 0 Å². The zero-order chi connectivity index (χ0) is 16.4. The minimum atomic E-state index is -1.25. The number of carbonyl (C=O) groups is 1.